The van der Waals surface area contributed by atoms with Crippen molar-refractivity contribution in [3.63, 3.8) is 0 Å². The fraction of sp³-hybridized carbons (Fsp3) is 0.438. The molecule has 9 heteroatoms. The van der Waals surface area contributed by atoms with Gasteiger partial charge in [0.05, 0.1) is 29.2 Å². The molecule has 2 atom stereocenters. The summed E-state index contributed by atoms with van der Waals surface area (Å²) in [6.45, 7) is 13.0. The molecular weight excluding hydrogens is 510 g/mol. The van der Waals surface area contributed by atoms with Gasteiger partial charge in [0, 0.05) is 81.1 Å². The van der Waals surface area contributed by atoms with Crippen molar-refractivity contribution in [2.75, 3.05) is 63.7 Å². The number of pyridine rings is 2. The summed E-state index contributed by atoms with van der Waals surface area (Å²) < 4.78 is 1.82. The van der Waals surface area contributed by atoms with E-state index in [9.17, 15) is 5.26 Å². The number of hydrogen-bond donors (Lipinski definition) is 0. The molecule has 3 aliphatic rings. The van der Waals surface area contributed by atoms with E-state index in [0.29, 0.717) is 17.6 Å². The number of hydrogen-bond acceptors (Lipinski definition) is 8. The van der Waals surface area contributed by atoms with Crippen LogP contribution in [0, 0.1) is 11.3 Å². The molecule has 0 N–H and O–H groups in total. The summed E-state index contributed by atoms with van der Waals surface area (Å²) >= 11 is 0. The van der Waals surface area contributed by atoms with Crippen molar-refractivity contribution in [1.29, 1.82) is 5.26 Å². The first kappa shape index (κ1) is 28.5. The number of aromatic nitrogens is 3. The Morgan fingerprint density at radius 1 is 1.20 bits per heavy atom. The van der Waals surface area contributed by atoms with Gasteiger partial charge in [-0.1, -0.05) is 19.6 Å². The zero-order valence-corrected chi connectivity index (χ0v) is 25.0. The Balaban J connectivity index is 1.30. The predicted octanol–water partition coefficient (Wildman–Crippen LogP) is 4.47. The first-order valence-electron chi connectivity index (χ1n) is 14.4. The Morgan fingerprint density at radius 3 is 2.61 bits per heavy atom. The van der Waals surface area contributed by atoms with Crippen LogP contribution in [0.1, 0.15) is 32.3 Å². The lowest BCUT2D eigenvalue weighted by Gasteiger charge is -2.56. The maximum Gasteiger partial charge on any atom is 0.128 e. The minimum atomic E-state index is 0.506. The average molecular weight is 552 g/mol. The third-order valence-corrected chi connectivity index (χ3v) is 8.26. The maximum absolute atomic E-state index is 9.76. The molecule has 41 heavy (non-hydrogen) atoms. The molecule has 3 fully saturated rings. The first-order chi connectivity index (χ1) is 19.8. The van der Waals surface area contributed by atoms with Gasteiger partial charge < -0.3 is 14.7 Å². The molecule has 9 nitrogen and oxygen atoms in total. The summed E-state index contributed by atoms with van der Waals surface area (Å²) in [4.78, 5) is 18.8. The van der Waals surface area contributed by atoms with E-state index >= 15 is 0 Å². The molecule has 0 aliphatic carbocycles. The van der Waals surface area contributed by atoms with Gasteiger partial charge in [-0.2, -0.15) is 10.4 Å². The standard InChI is InChI=1S/C32H41N9/c1-7-26(8-2)34-16-23(3)19-40-28-13-29(40)21-39(20-28)31-10-9-24(17-35-31)30-14-27(38(6)12-11-37(4)5)22-41-32(30)25(15-33)18-36-41/h7,9-10,14,16-18,22,28-29H,3,8,11-13,19-21H2,1-2,4-6H3/b26-7-,34-16?. The van der Waals surface area contributed by atoms with Crippen LogP contribution in [-0.2, 0) is 0 Å². The third kappa shape index (κ3) is 6.04. The van der Waals surface area contributed by atoms with E-state index in [4.69, 9.17) is 4.98 Å². The second kappa shape index (κ2) is 12.2. The molecular formula is C32H41N9. The molecule has 0 radical (unpaired) electrons. The fourth-order valence-electron chi connectivity index (χ4n) is 5.78. The number of anilines is 2. The summed E-state index contributed by atoms with van der Waals surface area (Å²) in [7, 11) is 6.24. The zero-order valence-electron chi connectivity index (χ0n) is 25.0. The Hall–Kier alpha value is -4.00. The summed E-state index contributed by atoms with van der Waals surface area (Å²) in [6, 6.07) is 9.70. The summed E-state index contributed by atoms with van der Waals surface area (Å²) in [5.41, 5.74) is 6.51. The lowest BCUT2D eigenvalue weighted by Crippen LogP contribution is -2.69. The number of rotatable bonds is 11. The lowest BCUT2D eigenvalue weighted by molar-refractivity contribution is 0.00946. The lowest BCUT2D eigenvalue weighted by atomic mass is 9.87. The molecule has 2 unspecified atom stereocenters. The van der Waals surface area contributed by atoms with Crippen LogP contribution in [0.15, 0.2) is 65.7 Å². The van der Waals surface area contributed by atoms with Crippen molar-refractivity contribution in [3.05, 3.63) is 66.3 Å². The molecule has 3 saturated heterocycles. The van der Waals surface area contributed by atoms with Crippen LogP contribution in [0.3, 0.4) is 0 Å². The highest BCUT2D eigenvalue weighted by atomic mass is 15.4. The van der Waals surface area contributed by atoms with Crippen molar-refractivity contribution in [2.45, 2.75) is 38.8 Å². The molecule has 3 aliphatic heterocycles. The van der Waals surface area contributed by atoms with Crippen LogP contribution in [0.5, 0.6) is 0 Å². The number of allylic oxidation sites excluding steroid dienone is 2. The largest absolute Gasteiger partial charge is 0.372 e. The van der Waals surface area contributed by atoms with Crippen molar-refractivity contribution in [2.24, 2.45) is 4.99 Å². The van der Waals surface area contributed by atoms with Crippen molar-refractivity contribution >= 4 is 23.2 Å². The normalized spacial score (nSPS) is 19.1. The maximum atomic E-state index is 9.76. The van der Waals surface area contributed by atoms with E-state index < -0.39 is 0 Å². The second-order valence-electron chi connectivity index (χ2n) is 11.4. The minimum absolute atomic E-state index is 0.506. The highest BCUT2D eigenvalue weighted by Gasteiger charge is 2.44. The summed E-state index contributed by atoms with van der Waals surface area (Å²) in [5.74, 6) is 0.994. The number of likely N-dealkylation sites (N-methyl/N-ethyl adjacent to an activating group) is 2. The SMILES string of the molecule is C=C(C=N/C(=C\C)CC)CN1C2CC1CN(c1ccc(-c3cc(N(C)CCN(C)C)cn4ncc(C#N)c34)cn1)C2. The number of fused-ring (bicyclic) bond motifs is 3. The highest BCUT2D eigenvalue weighted by molar-refractivity contribution is 5.86. The minimum Gasteiger partial charge on any atom is -0.372 e. The molecule has 0 saturated carbocycles. The van der Waals surface area contributed by atoms with Crippen molar-refractivity contribution < 1.29 is 0 Å². The van der Waals surface area contributed by atoms with Gasteiger partial charge in [0.2, 0.25) is 0 Å². The van der Waals surface area contributed by atoms with Gasteiger partial charge >= 0.3 is 0 Å². The van der Waals surface area contributed by atoms with Crippen LogP contribution < -0.4 is 9.80 Å². The van der Waals surface area contributed by atoms with Crippen molar-refractivity contribution in [3.8, 4) is 17.2 Å². The quantitative estimate of drug-likeness (QED) is 0.325. The molecule has 3 aromatic heterocycles. The van der Waals surface area contributed by atoms with Crippen molar-refractivity contribution in [1.82, 2.24) is 24.4 Å². The van der Waals surface area contributed by atoms with E-state index in [2.05, 4.69) is 94.7 Å². The smallest absolute Gasteiger partial charge is 0.128 e. The highest BCUT2D eigenvalue weighted by Crippen LogP contribution is 2.36. The predicted molar refractivity (Wildman–Crippen MR) is 168 cm³/mol. The molecule has 6 heterocycles. The molecule has 0 aromatic carbocycles. The molecule has 0 amide bonds. The second-order valence-corrected chi connectivity index (χ2v) is 11.4. The zero-order chi connectivity index (χ0) is 29.1. The molecule has 3 aromatic rings. The topological polar surface area (TPSA) is 79.3 Å². The third-order valence-electron chi connectivity index (χ3n) is 8.26. The van der Waals surface area contributed by atoms with Gasteiger partial charge in [-0.05, 0) is 57.6 Å². The molecule has 214 valence electrons. The Kier molecular flexibility index (Phi) is 8.52. The van der Waals surface area contributed by atoms with Gasteiger partial charge in [-0.15, -0.1) is 0 Å². The Bertz CT molecular complexity index is 1480. The Labute approximate surface area is 243 Å². The van der Waals surface area contributed by atoms with Gasteiger partial charge in [0.15, 0.2) is 0 Å². The van der Waals surface area contributed by atoms with Crippen LogP contribution >= 0.6 is 0 Å². The monoisotopic (exact) mass is 551 g/mol. The number of piperidine rings is 1. The molecule has 0 spiro atoms. The van der Waals surface area contributed by atoms with E-state index in [1.807, 2.05) is 30.0 Å². The van der Waals surface area contributed by atoms with E-state index in [0.717, 1.165) is 78.6 Å². The fourth-order valence-corrected chi connectivity index (χ4v) is 5.78. The number of piperazine rings is 1. The molecule has 6 rings (SSSR count). The van der Waals surface area contributed by atoms with Crippen LogP contribution in [0.25, 0.3) is 16.6 Å². The van der Waals surface area contributed by atoms with Crippen LogP contribution in [0.2, 0.25) is 0 Å². The van der Waals surface area contributed by atoms with Gasteiger partial charge in [-0.3, -0.25) is 9.89 Å². The van der Waals surface area contributed by atoms with E-state index in [1.54, 1.807) is 6.20 Å². The number of nitrogens with zero attached hydrogens (tertiary/aromatic N) is 9. The van der Waals surface area contributed by atoms with Crippen LogP contribution in [0.4, 0.5) is 11.5 Å². The summed E-state index contributed by atoms with van der Waals surface area (Å²) in [5, 5.41) is 14.2. The van der Waals surface area contributed by atoms with E-state index in [-0.39, 0.29) is 0 Å². The van der Waals surface area contributed by atoms with Gasteiger partial charge in [0.1, 0.15) is 11.9 Å². The van der Waals surface area contributed by atoms with Crippen LogP contribution in [-0.4, -0.2) is 96.6 Å². The van der Waals surface area contributed by atoms with E-state index in [1.165, 1.54) is 6.42 Å². The average Bonchev–Trinajstić information content (AvgIpc) is 3.42. The Morgan fingerprint density at radius 2 is 1.98 bits per heavy atom. The first-order valence-corrected chi connectivity index (χ1v) is 14.4. The number of aliphatic imine (C=N–C) groups is 1. The number of nitriles is 1. The summed E-state index contributed by atoms with van der Waals surface area (Å²) in [6.07, 6.45) is 11.7. The van der Waals surface area contributed by atoms with Gasteiger partial charge in [0.25, 0.3) is 0 Å². The van der Waals surface area contributed by atoms with Gasteiger partial charge in [-0.25, -0.2) is 9.50 Å². The molecule has 2 bridgehead atoms.